The molecule has 0 saturated heterocycles. The number of hydrogen-bond acceptors (Lipinski definition) is 4. The number of nitrogens with one attached hydrogen (secondary N) is 1. The SMILES string of the molecule is CC(C)Oc1cc(Nc2ccccc2CCl)ncn1. The van der Waals surface area contributed by atoms with Crippen molar-refractivity contribution in [3.05, 3.63) is 42.2 Å². The van der Waals surface area contributed by atoms with Crippen LogP contribution in [0.5, 0.6) is 5.88 Å². The molecule has 0 unspecified atom stereocenters. The molecule has 0 saturated carbocycles. The molecule has 1 heterocycles. The third kappa shape index (κ3) is 3.83. The lowest BCUT2D eigenvalue weighted by Crippen LogP contribution is -2.07. The van der Waals surface area contributed by atoms with Crippen LogP contribution in [0.1, 0.15) is 19.4 Å². The van der Waals surface area contributed by atoms with E-state index in [1.807, 2.05) is 38.1 Å². The van der Waals surface area contributed by atoms with Crippen molar-refractivity contribution in [2.45, 2.75) is 25.8 Å². The highest BCUT2D eigenvalue weighted by atomic mass is 35.5. The summed E-state index contributed by atoms with van der Waals surface area (Å²) < 4.78 is 5.53. The molecule has 2 aromatic rings. The normalized spacial score (nSPS) is 10.5. The highest BCUT2D eigenvalue weighted by Crippen LogP contribution is 2.22. The maximum Gasteiger partial charge on any atom is 0.218 e. The van der Waals surface area contributed by atoms with Crippen LogP contribution < -0.4 is 10.1 Å². The van der Waals surface area contributed by atoms with Gasteiger partial charge in [-0.3, -0.25) is 0 Å². The average Bonchev–Trinajstić information content (AvgIpc) is 2.39. The molecule has 5 heteroatoms. The lowest BCUT2D eigenvalue weighted by molar-refractivity contribution is 0.232. The van der Waals surface area contributed by atoms with Gasteiger partial charge >= 0.3 is 0 Å². The maximum atomic E-state index is 5.90. The van der Waals surface area contributed by atoms with Crippen LogP contribution in [0, 0.1) is 0 Å². The Balaban J connectivity index is 2.18. The van der Waals surface area contributed by atoms with Crippen LogP contribution in [0.4, 0.5) is 11.5 Å². The van der Waals surface area contributed by atoms with E-state index in [-0.39, 0.29) is 6.10 Å². The van der Waals surface area contributed by atoms with Gasteiger partial charge < -0.3 is 10.1 Å². The molecule has 0 fully saturated rings. The molecule has 2 rings (SSSR count). The van der Waals surface area contributed by atoms with Crippen molar-refractivity contribution in [3.63, 3.8) is 0 Å². The molecule has 0 spiro atoms. The van der Waals surface area contributed by atoms with Crippen molar-refractivity contribution in [1.82, 2.24) is 9.97 Å². The molecule has 100 valence electrons. The monoisotopic (exact) mass is 277 g/mol. The molecule has 0 aliphatic carbocycles. The van der Waals surface area contributed by atoms with E-state index in [4.69, 9.17) is 16.3 Å². The molecule has 0 bridgehead atoms. The summed E-state index contributed by atoms with van der Waals surface area (Å²) in [6.07, 6.45) is 1.56. The van der Waals surface area contributed by atoms with Gasteiger partial charge in [0.25, 0.3) is 0 Å². The smallest absolute Gasteiger partial charge is 0.218 e. The summed E-state index contributed by atoms with van der Waals surface area (Å²) in [7, 11) is 0. The average molecular weight is 278 g/mol. The van der Waals surface area contributed by atoms with E-state index >= 15 is 0 Å². The first-order chi connectivity index (χ1) is 9.19. The molecule has 1 aromatic heterocycles. The summed E-state index contributed by atoms with van der Waals surface area (Å²) in [5.74, 6) is 1.68. The van der Waals surface area contributed by atoms with E-state index in [2.05, 4.69) is 15.3 Å². The van der Waals surface area contributed by atoms with Crippen LogP contribution in [-0.2, 0) is 5.88 Å². The van der Waals surface area contributed by atoms with Gasteiger partial charge in [-0.05, 0) is 25.5 Å². The highest BCUT2D eigenvalue weighted by Gasteiger charge is 2.05. The van der Waals surface area contributed by atoms with Gasteiger partial charge in [-0.2, -0.15) is 0 Å². The van der Waals surface area contributed by atoms with E-state index in [1.54, 1.807) is 6.07 Å². The molecule has 1 aromatic carbocycles. The largest absolute Gasteiger partial charge is 0.475 e. The van der Waals surface area contributed by atoms with Crippen molar-refractivity contribution >= 4 is 23.1 Å². The Labute approximate surface area is 117 Å². The van der Waals surface area contributed by atoms with Crippen molar-refractivity contribution < 1.29 is 4.74 Å². The van der Waals surface area contributed by atoms with Gasteiger partial charge in [0.05, 0.1) is 6.10 Å². The third-order valence-corrected chi connectivity index (χ3v) is 2.71. The van der Waals surface area contributed by atoms with Crippen LogP contribution in [0.25, 0.3) is 0 Å². The van der Waals surface area contributed by atoms with Crippen molar-refractivity contribution in [2.75, 3.05) is 5.32 Å². The predicted octanol–water partition coefficient (Wildman–Crippen LogP) is 3.75. The van der Waals surface area contributed by atoms with E-state index in [0.29, 0.717) is 17.6 Å². The number of nitrogens with zero attached hydrogens (tertiary/aromatic N) is 2. The second kappa shape index (κ2) is 6.38. The number of rotatable bonds is 5. The van der Waals surface area contributed by atoms with Gasteiger partial charge in [-0.1, -0.05) is 18.2 Å². The summed E-state index contributed by atoms with van der Waals surface area (Å²) in [6.45, 7) is 3.91. The van der Waals surface area contributed by atoms with Gasteiger partial charge in [0, 0.05) is 17.6 Å². The molecule has 1 N–H and O–H groups in total. The Morgan fingerprint density at radius 1 is 1.26 bits per heavy atom. The molecular formula is C14H16ClN3O. The minimum atomic E-state index is 0.0814. The number of alkyl halides is 1. The zero-order chi connectivity index (χ0) is 13.7. The fourth-order valence-electron chi connectivity index (χ4n) is 1.61. The molecule has 0 atom stereocenters. The van der Waals surface area contributed by atoms with E-state index in [0.717, 1.165) is 11.3 Å². The van der Waals surface area contributed by atoms with Crippen LogP contribution in [0.15, 0.2) is 36.7 Å². The first kappa shape index (κ1) is 13.6. The van der Waals surface area contributed by atoms with Crippen molar-refractivity contribution in [3.8, 4) is 5.88 Å². The Bertz CT molecular complexity index is 546. The minimum absolute atomic E-state index is 0.0814. The van der Waals surface area contributed by atoms with E-state index in [1.165, 1.54) is 6.33 Å². The number of anilines is 2. The molecule has 0 radical (unpaired) electrons. The van der Waals surface area contributed by atoms with Crippen LogP contribution in [0.2, 0.25) is 0 Å². The first-order valence-electron chi connectivity index (χ1n) is 6.08. The number of aromatic nitrogens is 2. The second-order valence-corrected chi connectivity index (χ2v) is 4.59. The number of ether oxygens (including phenoxy) is 1. The Hall–Kier alpha value is -1.81. The molecule has 0 aliphatic rings. The van der Waals surface area contributed by atoms with Gasteiger partial charge in [0.15, 0.2) is 0 Å². The standard InChI is InChI=1S/C14H16ClN3O/c1-10(2)19-14-7-13(16-9-17-14)18-12-6-4-3-5-11(12)8-15/h3-7,9-10H,8H2,1-2H3,(H,16,17,18). The van der Waals surface area contributed by atoms with Gasteiger partial charge in [-0.25, -0.2) is 9.97 Å². The predicted molar refractivity (Wildman–Crippen MR) is 77.1 cm³/mol. The number of hydrogen-bond donors (Lipinski definition) is 1. The van der Waals surface area contributed by atoms with E-state index in [9.17, 15) is 0 Å². The fraction of sp³-hybridized carbons (Fsp3) is 0.286. The molecular weight excluding hydrogens is 262 g/mol. The number of halogens is 1. The Morgan fingerprint density at radius 2 is 2.05 bits per heavy atom. The first-order valence-corrected chi connectivity index (χ1v) is 6.62. The minimum Gasteiger partial charge on any atom is -0.475 e. The van der Waals surface area contributed by atoms with Gasteiger partial charge in [-0.15, -0.1) is 11.6 Å². The van der Waals surface area contributed by atoms with Gasteiger partial charge in [0.1, 0.15) is 12.1 Å². The molecule has 19 heavy (non-hydrogen) atoms. The molecule has 0 aliphatic heterocycles. The summed E-state index contributed by atoms with van der Waals surface area (Å²) in [4.78, 5) is 8.24. The summed E-state index contributed by atoms with van der Waals surface area (Å²) in [6, 6.07) is 9.61. The van der Waals surface area contributed by atoms with Crippen LogP contribution in [-0.4, -0.2) is 16.1 Å². The van der Waals surface area contributed by atoms with E-state index < -0.39 is 0 Å². The van der Waals surface area contributed by atoms with Crippen molar-refractivity contribution in [1.29, 1.82) is 0 Å². The zero-order valence-electron chi connectivity index (χ0n) is 10.9. The second-order valence-electron chi connectivity index (χ2n) is 4.32. The van der Waals surface area contributed by atoms with Crippen molar-refractivity contribution in [2.24, 2.45) is 0 Å². The zero-order valence-corrected chi connectivity index (χ0v) is 11.7. The quantitative estimate of drug-likeness (QED) is 0.846. The Kier molecular flexibility index (Phi) is 4.58. The molecule has 0 amide bonds. The lowest BCUT2D eigenvalue weighted by Gasteiger charge is -2.11. The maximum absolute atomic E-state index is 5.90. The summed E-state index contributed by atoms with van der Waals surface area (Å²) >= 11 is 5.90. The number of benzene rings is 1. The number of para-hydroxylation sites is 1. The third-order valence-electron chi connectivity index (χ3n) is 2.42. The Morgan fingerprint density at radius 3 is 2.79 bits per heavy atom. The van der Waals surface area contributed by atoms with Crippen LogP contribution >= 0.6 is 11.6 Å². The van der Waals surface area contributed by atoms with Crippen LogP contribution in [0.3, 0.4) is 0 Å². The topological polar surface area (TPSA) is 47.0 Å². The summed E-state index contributed by atoms with van der Waals surface area (Å²) in [5.41, 5.74) is 1.96. The fourth-order valence-corrected chi connectivity index (χ4v) is 1.84. The summed E-state index contributed by atoms with van der Waals surface area (Å²) in [5, 5.41) is 3.22. The molecule has 4 nitrogen and oxygen atoms in total. The van der Waals surface area contributed by atoms with Gasteiger partial charge in [0.2, 0.25) is 5.88 Å². The highest BCUT2D eigenvalue weighted by molar-refractivity contribution is 6.17. The lowest BCUT2D eigenvalue weighted by atomic mass is 10.2.